The Morgan fingerprint density at radius 1 is 1.04 bits per heavy atom. The van der Waals surface area contributed by atoms with Crippen LogP contribution in [0.3, 0.4) is 0 Å². The van der Waals surface area contributed by atoms with Gasteiger partial charge in [-0.2, -0.15) is 0 Å². The Labute approximate surface area is 143 Å². The number of hydrogen-bond acceptors (Lipinski definition) is 1. The molecule has 0 radical (unpaired) electrons. The van der Waals surface area contributed by atoms with E-state index < -0.39 is 0 Å². The van der Waals surface area contributed by atoms with Gasteiger partial charge in [0.15, 0.2) is 0 Å². The maximum absolute atomic E-state index is 3.52. The smallest absolute Gasteiger partial charge is 0.0486 e. The fourth-order valence-electron chi connectivity index (χ4n) is 3.67. The van der Waals surface area contributed by atoms with Crippen LogP contribution in [0.5, 0.6) is 0 Å². The Morgan fingerprint density at radius 3 is 2.52 bits per heavy atom. The van der Waals surface area contributed by atoms with Gasteiger partial charge in [-0.25, -0.2) is 0 Å². The molecule has 1 aromatic heterocycles. The molecule has 0 atom stereocenters. The maximum atomic E-state index is 3.52. The summed E-state index contributed by atoms with van der Waals surface area (Å²) < 4.78 is 2.49. The molecule has 0 aliphatic carbocycles. The molecule has 0 unspecified atom stereocenters. The average Bonchev–Trinajstić information content (AvgIpc) is 2.88. The van der Waals surface area contributed by atoms with Crippen molar-refractivity contribution in [1.29, 1.82) is 0 Å². The minimum absolute atomic E-state index is 0. The molecule has 3 aromatic rings. The van der Waals surface area contributed by atoms with E-state index >= 15 is 0 Å². The van der Waals surface area contributed by atoms with Gasteiger partial charge < -0.3 is 9.88 Å². The van der Waals surface area contributed by atoms with Gasteiger partial charge in [0.25, 0.3) is 0 Å². The van der Waals surface area contributed by atoms with E-state index in [1.807, 2.05) is 0 Å². The first-order valence-electron chi connectivity index (χ1n) is 8.19. The van der Waals surface area contributed by atoms with Crippen molar-refractivity contribution in [3.8, 4) is 11.1 Å². The summed E-state index contributed by atoms with van der Waals surface area (Å²) in [6, 6.07) is 15.7. The summed E-state index contributed by atoms with van der Waals surface area (Å²) in [6.07, 6.45) is 1.14. The molecule has 2 aromatic carbocycles. The highest BCUT2D eigenvalue weighted by Gasteiger charge is 2.19. The van der Waals surface area contributed by atoms with Crippen LogP contribution in [0.1, 0.15) is 23.7 Å². The van der Waals surface area contributed by atoms with Crippen LogP contribution in [-0.2, 0) is 19.5 Å². The van der Waals surface area contributed by atoms with Gasteiger partial charge in [0.05, 0.1) is 0 Å². The molecule has 0 saturated carbocycles. The van der Waals surface area contributed by atoms with Gasteiger partial charge in [-0.3, -0.25) is 0 Å². The number of benzene rings is 2. The number of aryl methyl sites for hydroxylation is 2. The Balaban J connectivity index is 0.00000156. The molecular formula is C20H23ClN2. The number of aromatic nitrogens is 1. The predicted molar refractivity (Wildman–Crippen MR) is 100 cm³/mol. The molecule has 1 N–H and O–H groups in total. The van der Waals surface area contributed by atoms with Crippen LogP contribution in [0.15, 0.2) is 42.5 Å². The molecule has 1 aliphatic rings. The molecule has 23 heavy (non-hydrogen) atoms. The summed E-state index contributed by atoms with van der Waals surface area (Å²) >= 11 is 0. The Bertz CT molecular complexity index is 831. The lowest BCUT2D eigenvalue weighted by Gasteiger charge is -2.16. The molecule has 2 heterocycles. The van der Waals surface area contributed by atoms with Crippen LogP contribution in [0.25, 0.3) is 22.0 Å². The van der Waals surface area contributed by atoms with Crippen LogP contribution in [0.2, 0.25) is 0 Å². The van der Waals surface area contributed by atoms with Gasteiger partial charge >= 0.3 is 0 Å². The van der Waals surface area contributed by atoms with Crippen molar-refractivity contribution in [1.82, 2.24) is 9.88 Å². The fraction of sp³-hybridized carbons (Fsp3) is 0.300. The molecule has 0 amide bonds. The monoisotopic (exact) mass is 326 g/mol. The van der Waals surface area contributed by atoms with Gasteiger partial charge in [-0.1, -0.05) is 35.9 Å². The van der Waals surface area contributed by atoms with Crippen LogP contribution >= 0.6 is 12.4 Å². The summed E-state index contributed by atoms with van der Waals surface area (Å²) in [6.45, 7) is 7.52. The lowest BCUT2D eigenvalue weighted by atomic mass is 10.00. The summed E-state index contributed by atoms with van der Waals surface area (Å²) in [5.74, 6) is 0. The topological polar surface area (TPSA) is 17.0 Å². The van der Waals surface area contributed by atoms with E-state index in [1.54, 1.807) is 0 Å². The molecule has 120 valence electrons. The number of nitrogens with one attached hydrogen (secondary N) is 1. The maximum Gasteiger partial charge on any atom is 0.0486 e. The Morgan fingerprint density at radius 2 is 1.78 bits per heavy atom. The lowest BCUT2D eigenvalue weighted by molar-refractivity contribution is 0.606. The van der Waals surface area contributed by atoms with E-state index in [0.717, 1.165) is 26.1 Å². The molecule has 0 bridgehead atoms. The summed E-state index contributed by atoms with van der Waals surface area (Å²) in [7, 11) is 0. The van der Waals surface area contributed by atoms with Crippen LogP contribution in [0.4, 0.5) is 0 Å². The second kappa shape index (κ2) is 6.38. The standard InChI is InChI=1S/C20H22N2.ClH/c1-3-22-19-9-8-16(15-6-4-14(2)5-7-15)12-17(19)18-13-21-11-10-20(18)22;/h4-9,12,21H,3,10-11,13H2,1-2H3;1H. The van der Waals surface area contributed by atoms with Gasteiger partial charge in [-0.05, 0) is 42.7 Å². The second-order valence-electron chi connectivity index (χ2n) is 6.19. The summed E-state index contributed by atoms with van der Waals surface area (Å²) in [5, 5.41) is 4.94. The van der Waals surface area contributed by atoms with Crippen molar-refractivity contribution in [3.05, 3.63) is 59.3 Å². The third kappa shape index (κ3) is 2.66. The van der Waals surface area contributed by atoms with Crippen LogP contribution in [0, 0.1) is 6.92 Å². The molecule has 2 nitrogen and oxygen atoms in total. The number of halogens is 1. The highest BCUT2D eigenvalue weighted by atomic mass is 35.5. The van der Waals surface area contributed by atoms with Gasteiger partial charge in [0.2, 0.25) is 0 Å². The van der Waals surface area contributed by atoms with Crippen LogP contribution < -0.4 is 5.32 Å². The van der Waals surface area contributed by atoms with E-state index in [1.165, 1.54) is 38.9 Å². The Kier molecular flexibility index (Phi) is 4.47. The minimum atomic E-state index is 0. The SMILES string of the molecule is CCn1c2c(c3cc(-c4ccc(C)cc4)ccc31)CNCC2.Cl. The van der Waals surface area contributed by atoms with Crippen molar-refractivity contribution in [3.63, 3.8) is 0 Å². The third-order valence-electron chi connectivity index (χ3n) is 4.83. The average molecular weight is 327 g/mol. The summed E-state index contributed by atoms with van der Waals surface area (Å²) in [4.78, 5) is 0. The largest absolute Gasteiger partial charge is 0.344 e. The predicted octanol–water partition coefficient (Wildman–Crippen LogP) is 4.70. The zero-order valence-electron chi connectivity index (χ0n) is 13.7. The number of nitrogens with zero attached hydrogens (tertiary/aromatic N) is 1. The van der Waals surface area contributed by atoms with E-state index in [0.29, 0.717) is 0 Å². The molecule has 0 spiro atoms. The second-order valence-corrected chi connectivity index (χ2v) is 6.19. The number of rotatable bonds is 2. The number of hydrogen-bond donors (Lipinski definition) is 1. The van der Waals surface area contributed by atoms with Gasteiger partial charge in [0.1, 0.15) is 0 Å². The van der Waals surface area contributed by atoms with Crippen molar-refractivity contribution in [2.45, 2.75) is 33.4 Å². The van der Waals surface area contributed by atoms with E-state index in [9.17, 15) is 0 Å². The summed E-state index contributed by atoms with van der Waals surface area (Å²) in [5.41, 5.74) is 8.33. The number of fused-ring (bicyclic) bond motifs is 3. The zero-order chi connectivity index (χ0) is 15.1. The van der Waals surface area contributed by atoms with Crippen molar-refractivity contribution >= 4 is 23.3 Å². The quantitative estimate of drug-likeness (QED) is 0.722. The molecule has 4 rings (SSSR count). The molecule has 1 aliphatic heterocycles. The zero-order valence-corrected chi connectivity index (χ0v) is 14.5. The molecule has 0 fully saturated rings. The Hall–Kier alpha value is -1.77. The first-order valence-corrected chi connectivity index (χ1v) is 8.19. The fourth-order valence-corrected chi connectivity index (χ4v) is 3.67. The molecular weight excluding hydrogens is 304 g/mol. The highest BCUT2D eigenvalue weighted by Crippen LogP contribution is 2.32. The van der Waals surface area contributed by atoms with Crippen molar-refractivity contribution in [2.24, 2.45) is 0 Å². The third-order valence-corrected chi connectivity index (χ3v) is 4.83. The van der Waals surface area contributed by atoms with Gasteiger partial charge in [0, 0.05) is 42.7 Å². The molecule has 0 saturated heterocycles. The highest BCUT2D eigenvalue weighted by molar-refractivity contribution is 5.90. The lowest BCUT2D eigenvalue weighted by Crippen LogP contribution is -2.24. The molecule has 3 heteroatoms. The van der Waals surface area contributed by atoms with Crippen LogP contribution in [-0.4, -0.2) is 11.1 Å². The van der Waals surface area contributed by atoms with E-state index in [-0.39, 0.29) is 12.4 Å². The van der Waals surface area contributed by atoms with E-state index in [2.05, 4.69) is 66.2 Å². The van der Waals surface area contributed by atoms with Crippen molar-refractivity contribution in [2.75, 3.05) is 6.54 Å². The van der Waals surface area contributed by atoms with E-state index in [4.69, 9.17) is 0 Å². The van der Waals surface area contributed by atoms with Crippen molar-refractivity contribution < 1.29 is 0 Å². The van der Waals surface area contributed by atoms with Gasteiger partial charge in [-0.15, -0.1) is 12.4 Å². The normalized spacial score (nSPS) is 13.7. The first kappa shape index (κ1) is 16.1. The minimum Gasteiger partial charge on any atom is -0.344 e. The first-order chi connectivity index (χ1) is 10.8.